The Hall–Kier alpha value is -4.50. The van der Waals surface area contributed by atoms with E-state index in [0.29, 0.717) is 32.1 Å². The van der Waals surface area contributed by atoms with Gasteiger partial charge in [-0.2, -0.15) is 0 Å². The summed E-state index contributed by atoms with van der Waals surface area (Å²) in [5.74, 6) is -0.106. The Morgan fingerprint density at radius 1 is 1.05 bits per heavy atom. The number of nitrogens with zero attached hydrogens (tertiary/aromatic N) is 3. The largest absolute Gasteiger partial charge is 0.478 e. The number of ketones is 1. The highest BCUT2D eigenvalue weighted by atomic mass is 32.1. The molecule has 0 spiro atoms. The lowest BCUT2D eigenvalue weighted by molar-refractivity contribution is -0.114. The number of Topliss-reactive ketones (excluding diaryl/α,β-unsaturated/α-hetero) is 1. The van der Waals surface area contributed by atoms with Crippen molar-refractivity contribution in [1.29, 1.82) is 0 Å². The lowest BCUT2D eigenvalue weighted by Crippen LogP contribution is -2.39. The molecule has 38 heavy (non-hydrogen) atoms. The number of hydrogen-bond acceptors (Lipinski definition) is 7. The molecule has 5 rings (SSSR count). The highest BCUT2D eigenvalue weighted by Gasteiger charge is 2.30. The van der Waals surface area contributed by atoms with Crippen LogP contribution in [0.4, 0.5) is 5.69 Å². The second kappa shape index (κ2) is 9.75. The monoisotopic (exact) mass is 527 g/mol. The lowest BCUT2D eigenvalue weighted by Gasteiger charge is -2.25. The summed E-state index contributed by atoms with van der Waals surface area (Å²) in [7, 11) is 3.91. The van der Waals surface area contributed by atoms with Crippen LogP contribution in [0, 0.1) is 0 Å². The Bertz CT molecular complexity index is 1770. The molecule has 1 aliphatic rings. The van der Waals surface area contributed by atoms with Crippen molar-refractivity contribution in [3.63, 3.8) is 0 Å². The molecule has 0 aliphatic carbocycles. The molecule has 1 atom stereocenters. The molecule has 0 radical (unpaired) electrons. The van der Waals surface area contributed by atoms with Crippen LogP contribution in [-0.2, 0) is 4.79 Å². The molecule has 0 bridgehead atoms. The van der Waals surface area contributed by atoms with Gasteiger partial charge in [0.15, 0.2) is 10.6 Å². The quantitative estimate of drug-likeness (QED) is 0.409. The first-order valence-corrected chi connectivity index (χ1v) is 12.7. The normalized spacial score (nSPS) is 15.3. The fraction of sp³-hybridized carbons (Fsp3) is 0.172. The number of carbonyl (C=O) groups excluding carboxylic acids is 1. The molecule has 4 aromatic rings. The van der Waals surface area contributed by atoms with Crippen molar-refractivity contribution in [2.24, 2.45) is 4.99 Å². The minimum absolute atomic E-state index is 0.133. The summed E-state index contributed by atoms with van der Waals surface area (Å²) in [6.07, 6.45) is 1.66. The van der Waals surface area contributed by atoms with Gasteiger partial charge in [0.2, 0.25) is 0 Å². The van der Waals surface area contributed by atoms with Crippen LogP contribution >= 0.6 is 11.3 Å². The van der Waals surface area contributed by atoms with Gasteiger partial charge in [-0.25, -0.2) is 9.79 Å². The summed E-state index contributed by atoms with van der Waals surface area (Å²) in [5, 5.41) is 9.11. The third-order valence-corrected chi connectivity index (χ3v) is 7.43. The summed E-state index contributed by atoms with van der Waals surface area (Å²) in [6.45, 7) is 3.29. The predicted octanol–water partition coefficient (Wildman–Crippen LogP) is 3.85. The minimum atomic E-state index is -0.998. The van der Waals surface area contributed by atoms with Crippen LogP contribution in [0.15, 0.2) is 86.1 Å². The van der Waals surface area contributed by atoms with Crippen LogP contribution in [0.1, 0.15) is 41.6 Å². The first kappa shape index (κ1) is 25.2. The first-order chi connectivity index (χ1) is 18.1. The number of benzene rings is 2. The van der Waals surface area contributed by atoms with Crippen molar-refractivity contribution < 1.29 is 19.1 Å². The van der Waals surface area contributed by atoms with Crippen LogP contribution in [0.25, 0.3) is 17.4 Å². The second-order valence-electron chi connectivity index (χ2n) is 9.21. The van der Waals surface area contributed by atoms with E-state index < -0.39 is 12.0 Å². The zero-order chi connectivity index (χ0) is 27.1. The average molecular weight is 528 g/mol. The van der Waals surface area contributed by atoms with Gasteiger partial charge < -0.3 is 14.4 Å². The molecule has 2 aromatic carbocycles. The molecule has 192 valence electrons. The summed E-state index contributed by atoms with van der Waals surface area (Å²) in [4.78, 5) is 44.6. The number of aromatic nitrogens is 1. The average Bonchev–Trinajstić information content (AvgIpc) is 3.47. The lowest BCUT2D eigenvalue weighted by atomic mass is 9.93. The summed E-state index contributed by atoms with van der Waals surface area (Å²) in [6, 6.07) is 17.1. The SMILES string of the molecule is CC(=O)C1=C(C)N=c2s/c(=C/c3ccc(-c4ccc(C(=O)O)cc4)o3)c(=O)n2[C@@H]1c1ccc(N(C)C)cc1. The molecule has 9 heteroatoms. The Morgan fingerprint density at radius 2 is 1.74 bits per heavy atom. The number of allylic oxidation sites excluding steroid dienone is 2. The standard InChI is InChI=1S/C29H25N3O5S/c1-16-25(17(2)33)26(19-9-11-21(12-10-19)31(3)4)32-27(34)24(38-29(32)30-16)15-22-13-14-23(37-22)18-5-7-20(8-6-18)28(35)36/h5-15,26H,1-4H3,(H,35,36)/b24-15+/t26-/m1/s1. The van der Waals surface area contributed by atoms with Gasteiger partial charge in [0.25, 0.3) is 5.56 Å². The molecule has 3 heterocycles. The van der Waals surface area contributed by atoms with Gasteiger partial charge in [-0.05, 0) is 55.8 Å². The third-order valence-electron chi connectivity index (χ3n) is 6.44. The number of rotatable bonds is 6. The Kier molecular flexibility index (Phi) is 6.46. The van der Waals surface area contributed by atoms with Gasteiger partial charge in [-0.15, -0.1) is 0 Å². The van der Waals surface area contributed by atoms with Crippen LogP contribution in [0.2, 0.25) is 0 Å². The van der Waals surface area contributed by atoms with Crippen LogP contribution in [0.5, 0.6) is 0 Å². The molecule has 0 unspecified atom stereocenters. The predicted molar refractivity (Wildman–Crippen MR) is 146 cm³/mol. The zero-order valence-corrected chi connectivity index (χ0v) is 22.1. The number of hydrogen-bond donors (Lipinski definition) is 1. The van der Waals surface area contributed by atoms with Gasteiger partial charge in [-0.3, -0.25) is 14.2 Å². The molecule has 8 nitrogen and oxygen atoms in total. The molecule has 0 saturated heterocycles. The topological polar surface area (TPSA) is 105 Å². The summed E-state index contributed by atoms with van der Waals surface area (Å²) in [5.41, 5.74) is 3.58. The Labute approximate surface area is 222 Å². The number of carbonyl (C=O) groups is 2. The number of aromatic carboxylic acids is 1. The minimum Gasteiger partial charge on any atom is -0.478 e. The fourth-order valence-corrected chi connectivity index (χ4v) is 5.56. The van der Waals surface area contributed by atoms with E-state index in [2.05, 4.69) is 4.99 Å². The van der Waals surface area contributed by atoms with Gasteiger partial charge in [-0.1, -0.05) is 35.6 Å². The van der Waals surface area contributed by atoms with Crippen molar-refractivity contribution in [3.05, 3.63) is 109 Å². The van der Waals surface area contributed by atoms with E-state index >= 15 is 0 Å². The molecule has 2 aromatic heterocycles. The van der Waals surface area contributed by atoms with Crippen molar-refractivity contribution in [2.45, 2.75) is 19.9 Å². The molecule has 0 fully saturated rings. The van der Waals surface area contributed by atoms with E-state index in [-0.39, 0.29) is 16.9 Å². The number of furan rings is 1. The fourth-order valence-electron chi connectivity index (χ4n) is 4.53. The van der Waals surface area contributed by atoms with E-state index in [1.165, 1.54) is 30.4 Å². The molecule has 0 saturated carbocycles. The number of thiazole rings is 1. The first-order valence-electron chi connectivity index (χ1n) is 11.9. The highest BCUT2D eigenvalue weighted by molar-refractivity contribution is 7.07. The van der Waals surface area contributed by atoms with E-state index in [1.54, 1.807) is 41.8 Å². The van der Waals surface area contributed by atoms with E-state index in [9.17, 15) is 14.4 Å². The summed E-state index contributed by atoms with van der Waals surface area (Å²) < 4.78 is 7.96. The van der Waals surface area contributed by atoms with Crippen molar-refractivity contribution in [1.82, 2.24) is 4.57 Å². The van der Waals surface area contributed by atoms with Crippen LogP contribution in [-0.4, -0.2) is 35.5 Å². The van der Waals surface area contributed by atoms with E-state index in [1.807, 2.05) is 43.3 Å². The molecular weight excluding hydrogens is 502 g/mol. The van der Waals surface area contributed by atoms with Crippen molar-refractivity contribution >= 4 is 34.9 Å². The van der Waals surface area contributed by atoms with Crippen molar-refractivity contribution in [2.75, 3.05) is 19.0 Å². The maximum absolute atomic E-state index is 13.7. The Balaban J connectivity index is 1.58. The summed E-state index contributed by atoms with van der Waals surface area (Å²) >= 11 is 1.24. The number of anilines is 1. The maximum atomic E-state index is 13.7. The van der Waals surface area contributed by atoms with Crippen LogP contribution in [0.3, 0.4) is 0 Å². The molecular formula is C29H25N3O5S. The third kappa shape index (κ3) is 4.52. The zero-order valence-electron chi connectivity index (χ0n) is 21.3. The molecule has 1 aliphatic heterocycles. The second-order valence-corrected chi connectivity index (χ2v) is 10.2. The van der Waals surface area contributed by atoms with Gasteiger partial charge in [0.05, 0.1) is 16.1 Å². The number of fused-ring (bicyclic) bond motifs is 1. The smallest absolute Gasteiger partial charge is 0.335 e. The van der Waals surface area contributed by atoms with Gasteiger partial charge in [0.1, 0.15) is 11.5 Å². The number of carboxylic acids is 1. The molecule has 1 N–H and O–H groups in total. The van der Waals surface area contributed by atoms with Gasteiger partial charge in [0, 0.05) is 42.7 Å². The van der Waals surface area contributed by atoms with Crippen LogP contribution < -0.4 is 19.8 Å². The van der Waals surface area contributed by atoms with E-state index in [4.69, 9.17) is 9.52 Å². The maximum Gasteiger partial charge on any atom is 0.335 e. The molecule has 0 amide bonds. The van der Waals surface area contributed by atoms with Crippen molar-refractivity contribution in [3.8, 4) is 11.3 Å². The van der Waals surface area contributed by atoms with E-state index in [0.717, 1.165) is 16.8 Å². The Morgan fingerprint density at radius 3 is 2.34 bits per heavy atom. The highest BCUT2D eigenvalue weighted by Crippen LogP contribution is 2.31. The van der Waals surface area contributed by atoms with Gasteiger partial charge >= 0.3 is 5.97 Å². The number of carboxylic acid groups (broad SMARTS) is 1.